The Balaban J connectivity index is 2.02. The van der Waals surface area contributed by atoms with E-state index in [-0.39, 0.29) is 0 Å². The Bertz CT molecular complexity index is 1200. The third-order valence-electron chi connectivity index (χ3n) is 4.11. The van der Waals surface area contributed by atoms with Crippen LogP contribution < -0.4 is 10.7 Å². The summed E-state index contributed by atoms with van der Waals surface area (Å²) in [5.74, 6) is 0. The fraction of sp³-hybridized carbons (Fsp3) is 0. The molecule has 4 heteroatoms. The van der Waals surface area contributed by atoms with Crippen molar-refractivity contribution in [2.24, 2.45) is 9.98 Å². The lowest BCUT2D eigenvalue weighted by Crippen LogP contribution is -2.03. The van der Waals surface area contributed by atoms with Crippen molar-refractivity contribution in [3.8, 4) is 11.1 Å². The van der Waals surface area contributed by atoms with Crippen LogP contribution in [0.2, 0.25) is 0 Å². The number of hydrogen-bond acceptors (Lipinski definition) is 2. The van der Waals surface area contributed by atoms with Gasteiger partial charge in [0.05, 0.1) is 22.1 Å². The first kappa shape index (κ1) is 12.7. The molecule has 104 valence electrons. The van der Waals surface area contributed by atoms with Crippen molar-refractivity contribution in [3.63, 3.8) is 0 Å². The molecule has 3 aromatic carbocycles. The molecule has 0 radical (unpaired) electrons. The molecule has 22 heavy (non-hydrogen) atoms. The van der Waals surface area contributed by atoms with Gasteiger partial charge in [-0.15, -0.1) is 0 Å². The molecule has 0 saturated heterocycles. The summed E-state index contributed by atoms with van der Waals surface area (Å²) in [6, 6.07) is 16.6. The Hall–Kier alpha value is -1.78. The van der Waals surface area contributed by atoms with E-state index in [0.717, 1.165) is 42.2 Å². The number of fused-ring (bicyclic) bond motifs is 6. The maximum absolute atomic E-state index is 4.86. The molecule has 0 fully saturated rings. The molecule has 0 N–H and O–H groups in total. The molecule has 2 aliphatic rings. The molecule has 0 saturated carbocycles. The van der Waals surface area contributed by atoms with Crippen LogP contribution in [0, 0.1) is 10.4 Å². The number of nitrogens with zero attached hydrogens (tertiary/aromatic N) is 2. The fourth-order valence-electron chi connectivity index (χ4n) is 3.16. The average Bonchev–Trinajstić information content (AvgIpc) is 3.05. The maximum atomic E-state index is 4.86. The molecular weight excluding hydrogens is 404 g/mol. The number of halogens is 2. The van der Waals surface area contributed by atoms with E-state index in [4.69, 9.17) is 9.98 Å². The molecule has 0 amide bonds. The summed E-state index contributed by atoms with van der Waals surface area (Å²) in [6.07, 6.45) is 0. The van der Waals surface area contributed by atoms with E-state index < -0.39 is 0 Å². The molecule has 0 aliphatic carbocycles. The Morgan fingerprint density at radius 1 is 0.818 bits per heavy atom. The van der Waals surface area contributed by atoms with Crippen molar-refractivity contribution < 1.29 is 0 Å². The van der Waals surface area contributed by atoms with Crippen LogP contribution in [0.4, 0.5) is 11.4 Å². The standard InChI is InChI=1S/C18H8Br2N2/c19-9-5-6-11-15(7-9)22-18-13(20)8-12-10-3-1-2-4-14(10)21-17(12)16(11)18/h1-8H. The lowest BCUT2D eigenvalue weighted by atomic mass is 10.0. The highest BCUT2D eigenvalue weighted by Gasteiger charge is 2.22. The van der Waals surface area contributed by atoms with Gasteiger partial charge < -0.3 is 0 Å². The van der Waals surface area contributed by atoms with Crippen molar-refractivity contribution in [1.82, 2.24) is 0 Å². The van der Waals surface area contributed by atoms with Crippen LogP contribution >= 0.6 is 31.9 Å². The van der Waals surface area contributed by atoms with Gasteiger partial charge in [0, 0.05) is 30.5 Å². The summed E-state index contributed by atoms with van der Waals surface area (Å²) in [5, 5.41) is 4.37. The summed E-state index contributed by atoms with van der Waals surface area (Å²) < 4.78 is 2.05. The van der Waals surface area contributed by atoms with E-state index >= 15 is 0 Å². The second-order valence-electron chi connectivity index (χ2n) is 5.38. The predicted molar refractivity (Wildman–Crippen MR) is 93.0 cm³/mol. The van der Waals surface area contributed by atoms with Gasteiger partial charge in [0.25, 0.3) is 0 Å². The van der Waals surface area contributed by atoms with Crippen molar-refractivity contribution in [1.29, 1.82) is 0 Å². The van der Waals surface area contributed by atoms with Gasteiger partial charge in [0.2, 0.25) is 0 Å². The van der Waals surface area contributed by atoms with E-state index in [0.29, 0.717) is 0 Å². The van der Waals surface area contributed by atoms with Crippen LogP contribution in [0.1, 0.15) is 0 Å². The first-order valence-electron chi connectivity index (χ1n) is 6.92. The highest BCUT2D eigenvalue weighted by molar-refractivity contribution is 9.10. The SMILES string of the molecule is Brc1ccc2c(c1)N=c1c(Br)cc3c(c1-2)N=c1ccccc1=3. The van der Waals surface area contributed by atoms with E-state index in [1.807, 2.05) is 6.07 Å². The van der Waals surface area contributed by atoms with Gasteiger partial charge in [-0.05, 0) is 40.2 Å². The lowest BCUT2D eigenvalue weighted by Gasteiger charge is -2.04. The molecule has 2 heterocycles. The Labute approximate surface area is 142 Å². The van der Waals surface area contributed by atoms with Gasteiger partial charge in [0.1, 0.15) is 0 Å². The Kier molecular flexibility index (Phi) is 2.53. The molecule has 0 atom stereocenters. The maximum Gasteiger partial charge on any atom is 0.0880 e. The third kappa shape index (κ3) is 1.59. The third-order valence-corrected chi connectivity index (χ3v) is 5.21. The van der Waals surface area contributed by atoms with Crippen molar-refractivity contribution in [2.75, 3.05) is 0 Å². The predicted octanol–water partition coefficient (Wildman–Crippen LogP) is 4.69. The molecule has 3 aromatic rings. The number of para-hydroxylation sites is 1. The summed E-state index contributed by atoms with van der Waals surface area (Å²) >= 11 is 7.20. The normalized spacial score (nSPS) is 12.8. The van der Waals surface area contributed by atoms with Crippen molar-refractivity contribution in [3.05, 3.63) is 78.6 Å². The highest BCUT2D eigenvalue weighted by Crippen LogP contribution is 2.41. The summed E-state index contributed by atoms with van der Waals surface area (Å²) in [7, 11) is 0. The Morgan fingerprint density at radius 3 is 2.59 bits per heavy atom. The van der Waals surface area contributed by atoms with Gasteiger partial charge >= 0.3 is 0 Å². The zero-order valence-electron chi connectivity index (χ0n) is 11.3. The molecule has 0 spiro atoms. The quantitative estimate of drug-likeness (QED) is 0.353. The molecular formula is C18H8Br2N2. The van der Waals surface area contributed by atoms with E-state index in [1.165, 1.54) is 10.4 Å². The molecule has 0 bridgehead atoms. The average molecular weight is 412 g/mol. The topological polar surface area (TPSA) is 24.7 Å². The lowest BCUT2D eigenvalue weighted by molar-refractivity contribution is 1.35. The molecule has 2 nitrogen and oxygen atoms in total. The molecule has 2 aliphatic heterocycles. The van der Waals surface area contributed by atoms with Crippen LogP contribution in [0.5, 0.6) is 0 Å². The molecule has 0 aromatic heterocycles. The van der Waals surface area contributed by atoms with Gasteiger partial charge in [-0.3, -0.25) is 0 Å². The van der Waals surface area contributed by atoms with Crippen LogP contribution in [0.25, 0.3) is 11.1 Å². The second-order valence-corrected chi connectivity index (χ2v) is 7.15. The van der Waals surface area contributed by atoms with Crippen LogP contribution in [-0.4, -0.2) is 0 Å². The number of benzene rings is 3. The zero-order valence-corrected chi connectivity index (χ0v) is 14.4. The smallest absolute Gasteiger partial charge is 0.0880 e. The Morgan fingerprint density at radius 2 is 1.68 bits per heavy atom. The van der Waals surface area contributed by atoms with Crippen molar-refractivity contribution in [2.45, 2.75) is 0 Å². The first-order valence-corrected chi connectivity index (χ1v) is 8.50. The van der Waals surface area contributed by atoms with Crippen LogP contribution in [-0.2, 0) is 0 Å². The fourth-order valence-corrected chi connectivity index (χ4v) is 4.03. The zero-order chi connectivity index (χ0) is 14.8. The minimum absolute atomic E-state index is 0.975. The monoisotopic (exact) mass is 410 g/mol. The van der Waals surface area contributed by atoms with Gasteiger partial charge in [-0.1, -0.05) is 40.2 Å². The summed E-state index contributed by atoms with van der Waals surface area (Å²) in [4.78, 5) is 9.64. The number of hydrogen-bond donors (Lipinski definition) is 0. The van der Waals surface area contributed by atoms with E-state index in [9.17, 15) is 0 Å². The minimum atomic E-state index is 0.975. The van der Waals surface area contributed by atoms with E-state index in [1.54, 1.807) is 0 Å². The summed E-state index contributed by atoms with van der Waals surface area (Å²) in [5.41, 5.74) is 4.30. The number of rotatable bonds is 0. The first-order chi connectivity index (χ1) is 10.7. The van der Waals surface area contributed by atoms with Gasteiger partial charge in [-0.2, -0.15) is 0 Å². The molecule has 5 rings (SSSR count). The van der Waals surface area contributed by atoms with E-state index in [2.05, 4.69) is 74.3 Å². The molecule has 0 unspecified atom stereocenters. The summed E-state index contributed by atoms with van der Waals surface area (Å²) in [6.45, 7) is 0. The minimum Gasteiger partial charge on any atom is -0.247 e. The second kappa shape index (κ2) is 4.37. The van der Waals surface area contributed by atoms with Crippen molar-refractivity contribution >= 4 is 43.2 Å². The van der Waals surface area contributed by atoms with Crippen LogP contribution in [0.15, 0.2) is 67.5 Å². The largest absolute Gasteiger partial charge is 0.247 e. The van der Waals surface area contributed by atoms with Crippen LogP contribution in [0.3, 0.4) is 0 Å². The van der Waals surface area contributed by atoms with Gasteiger partial charge in [0.15, 0.2) is 0 Å². The van der Waals surface area contributed by atoms with Gasteiger partial charge in [-0.25, -0.2) is 9.98 Å². The highest BCUT2D eigenvalue weighted by atomic mass is 79.9.